The molecule has 1 aromatic rings. The Kier molecular flexibility index (Phi) is 5.43. The summed E-state index contributed by atoms with van der Waals surface area (Å²) in [7, 11) is 0. The fourth-order valence-corrected chi connectivity index (χ4v) is 2.89. The van der Waals surface area contributed by atoms with Gasteiger partial charge in [-0.1, -0.05) is 6.07 Å². The summed E-state index contributed by atoms with van der Waals surface area (Å²) in [5.41, 5.74) is 7.01. The molecule has 0 spiro atoms. The average molecular weight is 341 g/mol. The van der Waals surface area contributed by atoms with Gasteiger partial charge in [0.05, 0.1) is 17.5 Å². The molecule has 0 aromatic heterocycles. The number of benzene rings is 1. The first kappa shape index (κ1) is 15.3. The lowest BCUT2D eigenvalue weighted by Gasteiger charge is -2.30. The minimum absolute atomic E-state index is 0.153. The average Bonchev–Trinajstić information content (AvgIpc) is 2.42. The molecule has 20 heavy (non-hydrogen) atoms. The van der Waals surface area contributed by atoms with E-state index in [0.717, 1.165) is 36.2 Å². The number of amides is 1. The number of aryl methyl sites for hydroxylation is 1. The van der Waals surface area contributed by atoms with Crippen molar-refractivity contribution in [3.63, 3.8) is 0 Å². The van der Waals surface area contributed by atoms with Crippen molar-refractivity contribution in [2.24, 2.45) is 5.73 Å². The lowest BCUT2D eigenvalue weighted by Crippen LogP contribution is -2.43. The number of ether oxygens (including phenoxy) is 1. The first-order valence-corrected chi connectivity index (χ1v) is 7.78. The molecule has 5 heteroatoms. The van der Waals surface area contributed by atoms with Gasteiger partial charge in [0.15, 0.2) is 0 Å². The zero-order chi connectivity index (χ0) is 14.5. The maximum Gasteiger partial charge on any atom is 0.225 e. The van der Waals surface area contributed by atoms with Crippen molar-refractivity contribution in [2.75, 3.05) is 19.7 Å². The third kappa shape index (κ3) is 4.21. The molecular weight excluding hydrogens is 320 g/mol. The Balaban J connectivity index is 1.76. The molecule has 1 amide bonds. The fourth-order valence-electron chi connectivity index (χ4n) is 2.28. The summed E-state index contributed by atoms with van der Waals surface area (Å²) < 4.78 is 6.58. The highest BCUT2D eigenvalue weighted by Crippen LogP contribution is 2.25. The van der Waals surface area contributed by atoms with Gasteiger partial charge in [-0.15, -0.1) is 0 Å². The van der Waals surface area contributed by atoms with E-state index in [0.29, 0.717) is 13.0 Å². The summed E-state index contributed by atoms with van der Waals surface area (Å²) in [6, 6.07) is 6.17. The van der Waals surface area contributed by atoms with Crippen LogP contribution in [0.5, 0.6) is 5.75 Å². The van der Waals surface area contributed by atoms with Gasteiger partial charge in [-0.05, 0) is 53.4 Å². The van der Waals surface area contributed by atoms with Crippen LogP contribution < -0.4 is 10.5 Å². The quantitative estimate of drug-likeness (QED) is 0.915. The Labute approximate surface area is 128 Å². The van der Waals surface area contributed by atoms with Gasteiger partial charge in [-0.2, -0.15) is 0 Å². The van der Waals surface area contributed by atoms with Crippen molar-refractivity contribution in [2.45, 2.75) is 32.2 Å². The first-order valence-electron chi connectivity index (χ1n) is 6.98. The molecule has 1 heterocycles. The monoisotopic (exact) mass is 340 g/mol. The van der Waals surface area contributed by atoms with E-state index in [9.17, 15) is 4.79 Å². The van der Waals surface area contributed by atoms with Gasteiger partial charge in [0, 0.05) is 19.1 Å². The highest BCUT2D eigenvalue weighted by Gasteiger charge is 2.20. The van der Waals surface area contributed by atoms with E-state index in [1.807, 2.05) is 30.0 Å². The van der Waals surface area contributed by atoms with Gasteiger partial charge in [0.2, 0.25) is 5.91 Å². The third-order valence-corrected chi connectivity index (χ3v) is 4.17. The van der Waals surface area contributed by atoms with Gasteiger partial charge < -0.3 is 15.4 Å². The number of hydrogen-bond donors (Lipinski definition) is 1. The van der Waals surface area contributed by atoms with Crippen molar-refractivity contribution < 1.29 is 9.53 Å². The highest BCUT2D eigenvalue weighted by atomic mass is 79.9. The van der Waals surface area contributed by atoms with Crippen LogP contribution in [0, 0.1) is 6.92 Å². The lowest BCUT2D eigenvalue weighted by molar-refractivity contribution is -0.132. The highest BCUT2D eigenvalue weighted by molar-refractivity contribution is 9.10. The molecule has 1 aliphatic heterocycles. The topological polar surface area (TPSA) is 55.6 Å². The van der Waals surface area contributed by atoms with Gasteiger partial charge in [-0.25, -0.2) is 0 Å². The fraction of sp³-hybridized carbons (Fsp3) is 0.533. The Morgan fingerprint density at radius 1 is 1.45 bits per heavy atom. The zero-order valence-electron chi connectivity index (χ0n) is 11.8. The van der Waals surface area contributed by atoms with Crippen molar-refractivity contribution in [1.29, 1.82) is 0 Å². The van der Waals surface area contributed by atoms with E-state index in [4.69, 9.17) is 10.5 Å². The SMILES string of the molecule is Cc1ccc(OCCC(=O)N2CCC(N)CC2)c(Br)c1. The molecule has 0 atom stereocenters. The number of halogens is 1. The molecule has 1 saturated heterocycles. The summed E-state index contributed by atoms with van der Waals surface area (Å²) in [6.07, 6.45) is 2.21. The third-order valence-electron chi connectivity index (χ3n) is 3.55. The molecule has 1 aromatic carbocycles. The lowest BCUT2D eigenvalue weighted by atomic mass is 10.1. The summed E-state index contributed by atoms with van der Waals surface area (Å²) in [5, 5.41) is 0. The van der Waals surface area contributed by atoms with Crippen LogP contribution in [0.3, 0.4) is 0 Å². The second-order valence-electron chi connectivity index (χ2n) is 5.25. The number of piperidine rings is 1. The van der Waals surface area contributed by atoms with Crippen LogP contribution in [0.4, 0.5) is 0 Å². The van der Waals surface area contributed by atoms with Crippen LogP contribution in [-0.2, 0) is 4.79 Å². The van der Waals surface area contributed by atoms with Crippen molar-refractivity contribution >= 4 is 21.8 Å². The second-order valence-corrected chi connectivity index (χ2v) is 6.10. The molecule has 2 rings (SSSR count). The van der Waals surface area contributed by atoms with E-state index in [2.05, 4.69) is 15.9 Å². The Hall–Kier alpha value is -1.07. The molecule has 0 aliphatic carbocycles. The summed E-state index contributed by atoms with van der Waals surface area (Å²) in [5.74, 6) is 0.934. The predicted octanol–water partition coefficient (Wildman–Crippen LogP) is 2.48. The molecule has 2 N–H and O–H groups in total. The van der Waals surface area contributed by atoms with Crippen LogP contribution >= 0.6 is 15.9 Å². The van der Waals surface area contributed by atoms with Crippen molar-refractivity contribution in [3.05, 3.63) is 28.2 Å². The Morgan fingerprint density at radius 2 is 2.15 bits per heavy atom. The van der Waals surface area contributed by atoms with Crippen LogP contribution in [0.1, 0.15) is 24.8 Å². The molecule has 1 fully saturated rings. The molecule has 0 unspecified atom stereocenters. The smallest absolute Gasteiger partial charge is 0.225 e. The minimum Gasteiger partial charge on any atom is -0.492 e. The number of rotatable bonds is 4. The Bertz CT molecular complexity index is 471. The molecule has 0 radical (unpaired) electrons. The summed E-state index contributed by atoms with van der Waals surface area (Å²) in [4.78, 5) is 13.9. The van der Waals surface area contributed by atoms with Gasteiger partial charge in [-0.3, -0.25) is 4.79 Å². The predicted molar refractivity (Wildman–Crippen MR) is 82.8 cm³/mol. The maximum atomic E-state index is 12.0. The zero-order valence-corrected chi connectivity index (χ0v) is 13.4. The van der Waals surface area contributed by atoms with Crippen LogP contribution in [0.2, 0.25) is 0 Å². The molecule has 0 saturated carbocycles. The second kappa shape index (κ2) is 7.09. The van der Waals surface area contributed by atoms with Crippen LogP contribution in [0.25, 0.3) is 0 Å². The van der Waals surface area contributed by atoms with Gasteiger partial charge in [0.1, 0.15) is 5.75 Å². The van der Waals surface area contributed by atoms with E-state index >= 15 is 0 Å². The van der Waals surface area contributed by atoms with E-state index in [-0.39, 0.29) is 11.9 Å². The normalized spacial score (nSPS) is 16.2. The summed E-state index contributed by atoms with van der Waals surface area (Å²) >= 11 is 3.46. The van der Waals surface area contributed by atoms with E-state index in [1.54, 1.807) is 0 Å². The van der Waals surface area contributed by atoms with Crippen molar-refractivity contribution in [1.82, 2.24) is 4.90 Å². The van der Waals surface area contributed by atoms with Gasteiger partial charge >= 0.3 is 0 Å². The Morgan fingerprint density at radius 3 is 2.80 bits per heavy atom. The van der Waals surface area contributed by atoms with Gasteiger partial charge in [0.25, 0.3) is 0 Å². The number of hydrogen-bond acceptors (Lipinski definition) is 3. The number of carbonyl (C=O) groups excluding carboxylic acids is 1. The molecule has 110 valence electrons. The summed E-state index contributed by atoms with van der Waals surface area (Å²) in [6.45, 7) is 3.98. The van der Waals surface area contributed by atoms with Crippen LogP contribution in [0.15, 0.2) is 22.7 Å². The molecule has 1 aliphatic rings. The number of likely N-dealkylation sites (tertiary alicyclic amines) is 1. The van der Waals surface area contributed by atoms with E-state index in [1.165, 1.54) is 5.56 Å². The number of nitrogens with zero attached hydrogens (tertiary/aromatic N) is 1. The van der Waals surface area contributed by atoms with Crippen LogP contribution in [-0.4, -0.2) is 36.5 Å². The first-order chi connectivity index (χ1) is 9.56. The maximum absolute atomic E-state index is 12.0. The number of carbonyl (C=O) groups is 1. The van der Waals surface area contributed by atoms with E-state index < -0.39 is 0 Å². The molecule has 0 bridgehead atoms. The van der Waals surface area contributed by atoms with Crippen molar-refractivity contribution in [3.8, 4) is 5.75 Å². The molecular formula is C15H21BrN2O2. The standard InChI is InChI=1S/C15H21BrN2O2/c1-11-2-3-14(13(16)10-11)20-9-6-15(19)18-7-4-12(17)5-8-18/h2-3,10,12H,4-9,17H2,1H3. The number of nitrogens with two attached hydrogens (primary N) is 1. The molecule has 4 nitrogen and oxygen atoms in total. The largest absolute Gasteiger partial charge is 0.492 e. The minimum atomic E-state index is 0.153.